The second-order valence-corrected chi connectivity index (χ2v) is 4.93. The molecule has 0 saturated carbocycles. The largest absolute Gasteiger partial charge is 0.316 e. The normalized spacial score (nSPS) is 10.5. The maximum atomic E-state index is 3.15. The molecule has 1 heterocycles. The Kier molecular flexibility index (Phi) is 3.19. The van der Waals surface area contributed by atoms with E-state index in [2.05, 4.69) is 48.6 Å². The number of benzene rings is 1. The Labute approximate surface area is 94.8 Å². The molecule has 0 aliphatic rings. The molecule has 1 aromatic heterocycles. The number of rotatable bonds is 3. The third kappa shape index (κ3) is 2.46. The van der Waals surface area contributed by atoms with E-state index in [1.165, 1.54) is 20.9 Å². The number of nitrogens with one attached hydrogen (secondary N) is 1. The lowest BCUT2D eigenvalue weighted by Gasteiger charge is -2.01. The van der Waals surface area contributed by atoms with E-state index in [1.54, 1.807) is 0 Å². The van der Waals surface area contributed by atoms with Crippen LogP contribution in [0, 0.1) is 6.92 Å². The number of thiophene rings is 1. The van der Waals surface area contributed by atoms with Crippen molar-refractivity contribution in [3.05, 3.63) is 46.8 Å². The SMILES string of the molecule is CNCc1ccc(-c2ccc(C)s2)cc1. The monoisotopic (exact) mass is 217 g/mol. The van der Waals surface area contributed by atoms with Crippen molar-refractivity contribution >= 4 is 11.3 Å². The molecule has 0 amide bonds. The first kappa shape index (κ1) is 10.4. The van der Waals surface area contributed by atoms with Crippen molar-refractivity contribution in [1.29, 1.82) is 0 Å². The molecule has 0 aliphatic carbocycles. The molecule has 0 radical (unpaired) electrons. The van der Waals surface area contributed by atoms with Gasteiger partial charge in [0.2, 0.25) is 0 Å². The molecule has 0 aliphatic heterocycles. The Balaban J connectivity index is 2.23. The zero-order valence-corrected chi connectivity index (χ0v) is 9.90. The third-order valence-corrected chi connectivity index (χ3v) is 3.41. The van der Waals surface area contributed by atoms with Crippen LogP contribution in [0.2, 0.25) is 0 Å². The van der Waals surface area contributed by atoms with Gasteiger partial charge < -0.3 is 5.32 Å². The van der Waals surface area contributed by atoms with Crippen molar-refractivity contribution < 1.29 is 0 Å². The number of aryl methyl sites for hydroxylation is 1. The highest BCUT2D eigenvalue weighted by Crippen LogP contribution is 2.27. The summed E-state index contributed by atoms with van der Waals surface area (Å²) in [4.78, 5) is 2.72. The number of hydrogen-bond donors (Lipinski definition) is 1. The molecule has 0 bridgehead atoms. The van der Waals surface area contributed by atoms with Gasteiger partial charge in [0.1, 0.15) is 0 Å². The van der Waals surface area contributed by atoms with Gasteiger partial charge in [-0.15, -0.1) is 11.3 Å². The van der Waals surface area contributed by atoms with Crippen LogP contribution < -0.4 is 5.32 Å². The van der Waals surface area contributed by atoms with Gasteiger partial charge in [-0.25, -0.2) is 0 Å². The molecule has 0 atom stereocenters. The summed E-state index contributed by atoms with van der Waals surface area (Å²) in [6, 6.07) is 13.1. The van der Waals surface area contributed by atoms with Crippen molar-refractivity contribution in [2.24, 2.45) is 0 Å². The second kappa shape index (κ2) is 4.60. The lowest BCUT2D eigenvalue weighted by Crippen LogP contribution is -2.04. The number of hydrogen-bond acceptors (Lipinski definition) is 2. The topological polar surface area (TPSA) is 12.0 Å². The van der Waals surface area contributed by atoms with Gasteiger partial charge in [0.15, 0.2) is 0 Å². The highest BCUT2D eigenvalue weighted by molar-refractivity contribution is 7.15. The van der Waals surface area contributed by atoms with Gasteiger partial charge in [-0.1, -0.05) is 24.3 Å². The average molecular weight is 217 g/mol. The van der Waals surface area contributed by atoms with E-state index < -0.39 is 0 Å². The lowest BCUT2D eigenvalue weighted by molar-refractivity contribution is 0.818. The van der Waals surface area contributed by atoms with E-state index in [-0.39, 0.29) is 0 Å². The summed E-state index contributed by atoms with van der Waals surface area (Å²) in [5.41, 5.74) is 2.64. The molecule has 1 nitrogen and oxygen atoms in total. The smallest absolute Gasteiger partial charge is 0.0345 e. The summed E-state index contributed by atoms with van der Waals surface area (Å²) < 4.78 is 0. The lowest BCUT2D eigenvalue weighted by atomic mass is 10.1. The second-order valence-electron chi connectivity index (χ2n) is 3.64. The van der Waals surface area contributed by atoms with E-state index >= 15 is 0 Å². The first-order valence-electron chi connectivity index (χ1n) is 5.10. The van der Waals surface area contributed by atoms with E-state index in [4.69, 9.17) is 0 Å². The molecule has 0 fully saturated rings. The molecule has 1 N–H and O–H groups in total. The standard InChI is InChI=1S/C13H15NS/c1-10-3-8-13(15-10)12-6-4-11(5-7-12)9-14-2/h3-8,14H,9H2,1-2H3. The molecule has 2 heteroatoms. The summed E-state index contributed by atoms with van der Waals surface area (Å²) in [5, 5.41) is 3.15. The van der Waals surface area contributed by atoms with Gasteiger partial charge in [-0.3, -0.25) is 0 Å². The summed E-state index contributed by atoms with van der Waals surface area (Å²) in [5.74, 6) is 0. The third-order valence-electron chi connectivity index (χ3n) is 2.36. The highest BCUT2D eigenvalue weighted by atomic mass is 32.1. The molecule has 0 spiro atoms. The van der Waals surface area contributed by atoms with Crippen molar-refractivity contribution in [3.8, 4) is 10.4 Å². The van der Waals surface area contributed by atoms with Gasteiger partial charge in [-0.05, 0) is 37.2 Å². The fourth-order valence-corrected chi connectivity index (χ4v) is 2.45. The van der Waals surface area contributed by atoms with Crippen molar-refractivity contribution in [1.82, 2.24) is 5.32 Å². The molecule has 15 heavy (non-hydrogen) atoms. The molecule has 0 unspecified atom stereocenters. The maximum Gasteiger partial charge on any atom is 0.0345 e. The molecule has 2 aromatic rings. The first-order valence-corrected chi connectivity index (χ1v) is 5.91. The van der Waals surface area contributed by atoms with E-state index in [1.807, 2.05) is 18.4 Å². The fourth-order valence-electron chi connectivity index (χ4n) is 1.58. The first-order chi connectivity index (χ1) is 7.29. The quantitative estimate of drug-likeness (QED) is 0.830. The van der Waals surface area contributed by atoms with Gasteiger partial charge >= 0.3 is 0 Å². The van der Waals surface area contributed by atoms with Crippen molar-refractivity contribution in [2.45, 2.75) is 13.5 Å². The van der Waals surface area contributed by atoms with Crippen LogP contribution in [0.4, 0.5) is 0 Å². The van der Waals surface area contributed by atoms with Crippen LogP contribution in [0.5, 0.6) is 0 Å². The Bertz CT molecular complexity index is 428. The van der Waals surface area contributed by atoms with E-state index in [0.29, 0.717) is 0 Å². The van der Waals surface area contributed by atoms with E-state index in [0.717, 1.165) is 6.54 Å². The molecular weight excluding hydrogens is 202 g/mol. The predicted molar refractivity (Wildman–Crippen MR) is 67.3 cm³/mol. The Morgan fingerprint density at radius 1 is 1.07 bits per heavy atom. The Morgan fingerprint density at radius 3 is 2.33 bits per heavy atom. The molecule has 0 saturated heterocycles. The molecular formula is C13H15NS. The fraction of sp³-hybridized carbons (Fsp3) is 0.231. The van der Waals surface area contributed by atoms with Gasteiger partial charge in [-0.2, -0.15) is 0 Å². The van der Waals surface area contributed by atoms with Crippen molar-refractivity contribution in [3.63, 3.8) is 0 Å². The maximum absolute atomic E-state index is 3.15. The Hall–Kier alpha value is -1.12. The van der Waals surface area contributed by atoms with Gasteiger partial charge in [0, 0.05) is 16.3 Å². The van der Waals surface area contributed by atoms with Crippen LogP contribution in [0.3, 0.4) is 0 Å². The minimum atomic E-state index is 0.934. The molecule has 2 rings (SSSR count). The average Bonchev–Trinajstić information content (AvgIpc) is 2.67. The van der Waals surface area contributed by atoms with Crippen LogP contribution in [0.15, 0.2) is 36.4 Å². The minimum absolute atomic E-state index is 0.934. The summed E-state index contributed by atoms with van der Waals surface area (Å²) in [7, 11) is 1.97. The summed E-state index contributed by atoms with van der Waals surface area (Å²) >= 11 is 1.84. The van der Waals surface area contributed by atoms with Crippen LogP contribution in [0.1, 0.15) is 10.4 Å². The highest BCUT2D eigenvalue weighted by Gasteiger charge is 2.00. The van der Waals surface area contributed by atoms with E-state index in [9.17, 15) is 0 Å². The van der Waals surface area contributed by atoms with Crippen LogP contribution in [-0.2, 0) is 6.54 Å². The van der Waals surface area contributed by atoms with Crippen LogP contribution in [-0.4, -0.2) is 7.05 Å². The van der Waals surface area contributed by atoms with Gasteiger partial charge in [0.05, 0.1) is 0 Å². The minimum Gasteiger partial charge on any atom is -0.316 e. The molecule has 78 valence electrons. The summed E-state index contributed by atoms with van der Waals surface area (Å²) in [6.45, 7) is 3.08. The van der Waals surface area contributed by atoms with Crippen LogP contribution >= 0.6 is 11.3 Å². The summed E-state index contributed by atoms with van der Waals surface area (Å²) in [6.07, 6.45) is 0. The van der Waals surface area contributed by atoms with Gasteiger partial charge in [0.25, 0.3) is 0 Å². The predicted octanol–water partition coefficient (Wildman–Crippen LogP) is 3.44. The van der Waals surface area contributed by atoms with Crippen LogP contribution in [0.25, 0.3) is 10.4 Å². The zero-order valence-electron chi connectivity index (χ0n) is 9.08. The molecule has 1 aromatic carbocycles. The Morgan fingerprint density at radius 2 is 1.80 bits per heavy atom. The van der Waals surface area contributed by atoms with Crippen molar-refractivity contribution in [2.75, 3.05) is 7.05 Å². The zero-order chi connectivity index (χ0) is 10.7.